The Hall–Kier alpha value is -2.24. The number of carboxylic acids is 1. The summed E-state index contributed by atoms with van der Waals surface area (Å²) in [5.41, 5.74) is 0.676. The Morgan fingerprint density at radius 1 is 1.20 bits per heavy atom. The van der Waals surface area contributed by atoms with E-state index < -0.39 is 17.8 Å². The normalized spacial score (nSPS) is 23.1. The lowest BCUT2D eigenvalue weighted by Crippen LogP contribution is -2.44. The van der Waals surface area contributed by atoms with Crippen LogP contribution in [0.15, 0.2) is 18.2 Å². The first kappa shape index (κ1) is 12.8. The largest absolute Gasteiger partial charge is 0.481 e. The van der Waals surface area contributed by atoms with Crippen LogP contribution in [0.2, 0.25) is 0 Å². The number of fused-ring (bicyclic) bond motifs is 1. The van der Waals surface area contributed by atoms with Crippen molar-refractivity contribution in [2.45, 2.75) is 12.8 Å². The molecule has 0 aromatic heterocycles. The third-order valence-corrected chi connectivity index (χ3v) is 3.98. The zero-order valence-electron chi connectivity index (χ0n) is 11.0. The van der Waals surface area contributed by atoms with Crippen molar-refractivity contribution in [1.29, 1.82) is 0 Å². The fourth-order valence-corrected chi connectivity index (χ4v) is 2.56. The van der Waals surface area contributed by atoms with Crippen LogP contribution in [0.5, 0.6) is 11.5 Å². The number of ether oxygens (including phenoxy) is 2. The molecule has 0 radical (unpaired) electrons. The smallest absolute Gasteiger partial charge is 0.307 e. The summed E-state index contributed by atoms with van der Waals surface area (Å²) < 4.78 is 10.5. The van der Waals surface area contributed by atoms with E-state index in [2.05, 4.69) is 0 Å². The maximum atomic E-state index is 12.3. The van der Waals surface area contributed by atoms with Crippen LogP contribution in [0.1, 0.15) is 12.8 Å². The molecule has 2 aliphatic rings. The number of hydrogen-bond acceptors (Lipinski definition) is 4. The van der Waals surface area contributed by atoms with Gasteiger partial charge in [-0.15, -0.1) is 0 Å². The first-order valence-corrected chi connectivity index (χ1v) is 6.48. The summed E-state index contributed by atoms with van der Waals surface area (Å²) in [5.74, 6) is -0.787. The second kappa shape index (κ2) is 4.70. The van der Waals surface area contributed by atoms with Crippen molar-refractivity contribution in [2.24, 2.45) is 11.8 Å². The van der Waals surface area contributed by atoms with E-state index in [9.17, 15) is 9.59 Å². The molecule has 6 heteroatoms. The number of anilines is 1. The van der Waals surface area contributed by atoms with Gasteiger partial charge in [0.05, 0.1) is 11.8 Å². The molecular weight excluding hydrogens is 262 g/mol. The number of rotatable bonds is 3. The molecule has 0 spiro atoms. The zero-order valence-corrected chi connectivity index (χ0v) is 11.0. The van der Waals surface area contributed by atoms with Crippen LogP contribution in [-0.4, -0.2) is 30.8 Å². The van der Waals surface area contributed by atoms with E-state index in [4.69, 9.17) is 14.6 Å². The topological polar surface area (TPSA) is 76.1 Å². The molecule has 20 heavy (non-hydrogen) atoms. The van der Waals surface area contributed by atoms with Gasteiger partial charge in [-0.05, 0) is 25.0 Å². The highest BCUT2D eigenvalue weighted by Gasteiger charge is 2.42. The third-order valence-electron chi connectivity index (χ3n) is 3.98. The molecule has 106 valence electrons. The lowest BCUT2D eigenvalue weighted by Gasteiger charge is -2.35. The van der Waals surface area contributed by atoms with Gasteiger partial charge in [0.1, 0.15) is 0 Å². The van der Waals surface area contributed by atoms with Gasteiger partial charge in [0.25, 0.3) is 0 Å². The van der Waals surface area contributed by atoms with Crippen molar-refractivity contribution in [3.05, 3.63) is 18.2 Å². The Balaban J connectivity index is 1.77. The van der Waals surface area contributed by atoms with E-state index in [1.807, 2.05) is 0 Å². The number of aliphatic carboxylic acids is 1. The van der Waals surface area contributed by atoms with Crippen LogP contribution in [-0.2, 0) is 9.59 Å². The van der Waals surface area contributed by atoms with E-state index in [1.165, 1.54) is 4.90 Å². The van der Waals surface area contributed by atoms with Crippen molar-refractivity contribution in [3.8, 4) is 11.5 Å². The molecule has 1 aromatic rings. The molecule has 1 heterocycles. The Labute approximate surface area is 115 Å². The zero-order chi connectivity index (χ0) is 14.3. The Morgan fingerprint density at radius 2 is 1.90 bits per heavy atom. The summed E-state index contributed by atoms with van der Waals surface area (Å²) >= 11 is 0. The first-order valence-electron chi connectivity index (χ1n) is 6.48. The Bertz CT molecular complexity index is 571. The van der Waals surface area contributed by atoms with E-state index in [0.717, 1.165) is 0 Å². The Kier molecular flexibility index (Phi) is 3.00. The number of carbonyl (C=O) groups excluding carboxylic acids is 1. The fraction of sp³-hybridized carbons (Fsp3) is 0.429. The Morgan fingerprint density at radius 3 is 2.55 bits per heavy atom. The molecule has 3 rings (SSSR count). The minimum atomic E-state index is -0.895. The molecule has 1 aliphatic heterocycles. The van der Waals surface area contributed by atoms with Crippen molar-refractivity contribution in [1.82, 2.24) is 0 Å². The van der Waals surface area contributed by atoms with Gasteiger partial charge < -0.3 is 19.5 Å². The molecule has 2 atom stereocenters. The van der Waals surface area contributed by atoms with Crippen molar-refractivity contribution < 1.29 is 24.2 Å². The van der Waals surface area contributed by atoms with Crippen molar-refractivity contribution >= 4 is 17.6 Å². The van der Waals surface area contributed by atoms with Crippen LogP contribution in [0.25, 0.3) is 0 Å². The van der Waals surface area contributed by atoms with Gasteiger partial charge in [-0.1, -0.05) is 0 Å². The monoisotopic (exact) mass is 277 g/mol. The first-order chi connectivity index (χ1) is 9.58. The number of hydrogen-bond donors (Lipinski definition) is 1. The van der Waals surface area contributed by atoms with Crippen LogP contribution in [0, 0.1) is 11.8 Å². The van der Waals surface area contributed by atoms with E-state index in [-0.39, 0.29) is 12.7 Å². The van der Waals surface area contributed by atoms with Gasteiger partial charge in [0, 0.05) is 18.8 Å². The SMILES string of the molecule is CN(C(=O)C1CCC1C(=O)O)c1ccc2c(c1)OCO2. The highest BCUT2D eigenvalue weighted by atomic mass is 16.7. The summed E-state index contributed by atoms with van der Waals surface area (Å²) in [4.78, 5) is 24.8. The van der Waals surface area contributed by atoms with Gasteiger partial charge in [-0.3, -0.25) is 9.59 Å². The number of carboxylic acid groups (broad SMARTS) is 1. The number of benzene rings is 1. The predicted octanol–water partition coefficient (Wildman–Crippen LogP) is 1.49. The molecule has 2 unspecified atom stereocenters. The molecule has 1 aromatic carbocycles. The van der Waals surface area contributed by atoms with Gasteiger partial charge >= 0.3 is 5.97 Å². The minimum absolute atomic E-state index is 0.164. The summed E-state index contributed by atoms with van der Waals surface area (Å²) in [6, 6.07) is 5.24. The van der Waals surface area contributed by atoms with E-state index >= 15 is 0 Å². The molecule has 0 bridgehead atoms. The van der Waals surface area contributed by atoms with Crippen LogP contribution >= 0.6 is 0 Å². The molecule has 1 fully saturated rings. The molecule has 1 aliphatic carbocycles. The molecular formula is C14H15NO5. The van der Waals surface area contributed by atoms with Crippen LogP contribution in [0.3, 0.4) is 0 Å². The lowest BCUT2D eigenvalue weighted by molar-refractivity contribution is -0.151. The van der Waals surface area contributed by atoms with Crippen LogP contribution in [0.4, 0.5) is 5.69 Å². The highest BCUT2D eigenvalue weighted by molar-refractivity contribution is 5.98. The second-order valence-corrected chi connectivity index (χ2v) is 5.06. The molecule has 6 nitrogen and oxygen atoms in total. The molecule has 0 saturated heterocycles. The van der Waals surface area contributed by atoms with Crippen molar-refractivity contribution in [2.75, 3.05) is 18.7 Å². The second-order valence-electron chi connectivity index (χ2n) is 5.06. The average Bonchev–Trinajstić information content (AvgIpc) is 2.82. The molecule has 1 N–H and O–H groups in total. The number of nitrogens with zero attached hydrogens (tertiary/aromatic N) is 1. The average molecular weight is 277 g/mol. The quantitative estimate of drug-likeness (QED) is 0.905. The standard InChI is InChI=1S/C14H15NO5/c1-15(13(16)9-3-4-10(9)14(17)18)8-2-5-11-12(6-8)20-7-19-11/h2,5-6,9-10H,3-4,7H2,1H3,(H,17,18). The maximum absolute atomic E-state index is 12.3. The highest BCUT2D eigenvalue weighted by Crippen LogP contribution is 2.39. The van der Waals surface area contributed by atoms with Crippen LogP contribution < -0.4 is 14.4 Å². The summed E-state index contributed by atoms with van der Waals surface area (Å²) in [6.07, 6.45) is 1.20. The van der Waals surface area contributed by atoms with Gasteiger partial charge in [0.2, 0.25) is 12.7 Å². The number of amides is 1. The summed E-state index contributed by atoms with van der Waals surface area (Å²) in [6.45, 7) is 0.181. The predicted molar refractivity (Wildman–Crippen MR) is 69.8 cm³/mol. The fourth-order valence-electron chi connectivity index (χ4n) is 2.56. The summed E-state index contributed by atoms with van der Waals surface area (Å²) in [5, 5.41) is 9.02. The number of carbonyl (C=O) groups is 2. The van der Waals surface area contributed by atoms with Gasteiger partial charge in [-0.2, -0.15) is 0 Å². The summed E-state index contributed by atoms with van der Waals surface area (Å²) in [7, 11) is 1.65. The van der Waals surface area contributed by atoms with Crippen molar-refractivity contribution in [3.63, 3.8) is 0 Å². The molecule has 1 amide bonds. The third kappa shape index (κ3) is 1.97. The van der Waals surface area contributed by atoms with E-state index in [0.29, 0.717) is 30.0 Å². The van der Waals surface area contributed by atoms with Gasteiger partial charge in [0.15, 0.2) is 11.5 Å². The lowest BCUT2D eigenvalue weighted by atomic mass is 9.73. The van der Waals surface area contributed by atoms with Gasteiger partial charge in [-0.25, -0.2) is 0 Å². The van der Waals surface area contributed by atoms with E-state index in [1.54, 1.807) is 25.2 Å². The molecule has 1 saturated carbocycles. The minimum Gasteiger partial charge on any atom is -0.481 e. The maximum Gasteiger partial charge on any atom is 0.307 e.